The van der Waals surface area contributed by atoms with Gasteiger partial charge in [0.25, 0.3) is 0 Å². The summed E-state index contributed by atoms with van der Waals surface area (Å²) in [5, 5.41) is 1.90. The Morgan fingerprint density at radius 3 is 2.32 bits per heavy atom. The molecule has 0 aromatic heterocycles. The lowest BCUT2D eigenvalue weighted by Crippen LogP contribution is -2.49. The van der Waals surface area contributed by atoms with Crippen LogP contribution in [-0.2, 0) is 10.0 Å². The predicted molar refractivity (Wildman–Crippen MR) is 112 cm³/mol. The van der Waals surface area contributed by atoms with Crippen molar-refractivity contribution in [1.82, 2.24) is 9.21 Å². The van der Waals surface area contributed by atoms with Gasteiger partial charge in [0.2, 0.25) is 10.0 Å². The Morgan fingerprint density at radius 2 is 1.61 bits per heavy atom. The van der Waals surface area contributed by atoms with Gasteiger partial charge in [0.15, 0.2) is 0 Å². The molecule has 2 aromatic carbocycles. The summed E-state index contributed by atoms with van der Waals surface area (Å²) in [5.41, 5.74) is 0. The van der Waals surface area contributed by atoms with Gasteiger partial charge in [-0.1, -0.05) is 31.4 Å². The van der Waals surface area contributed by atoms with Gasteiger partial charge in [0.05, 0.1) is 12.0 Å². The van der Waals surface area contributed by atoms with Crippen molar-refractivity contribution in [3.8, 4) is 5.75 Å². The summed E-state index contributed by atoms with van der Waals surface area (Å²) in [6.07, 6.45) is 6.75. The van der Waals surface area contributed by atoms with E-state index < -0.39 is 10.0 Å². The first-order valence-electron chi connectivity index (χ1n) is 10.4. The molecule has 1 saturated heterocycles. The van der Waals surface area contributed by atoms with Crippen LogP contribution in [0.3, 0.4) is 0 Å². The van der Waals surface area contributed by atoms with Crippen molar-refractivity contribution in [2.75, 3.05) is 39.8 Å². The Balaban J connectivity index is 1.43. The number of rotatable bonds is 5. The van der Waals surface area contributed by atoms with Crippen molar-refractivity contribution in [2.24, 2.45) is 5.92 Å². The van der Waals surface area contributed by atoms with Crippen molar-refractivity contribution in [3.63, 3.8) is 0 Å². The number of fused-ring (bicyclic) bond motifs is 1. The molecule has 152 valence electrons. The number of benzene rings is 2. The van der Waals surface area contributed by atoms with Crippen LogP contribution in [-0.4, -0.2) is 57.5 Å². The lowest BCUT2D eigenvalue weighted by atomic mass is 9.89. The lowest BCUT2D eigenvalue weighted by Gasteiger charge is -2.36. The Kier molecular flexibility index (Phi) is 5.90. The Hall–Kier alpha value is -1.63. The molecule has 6 heteroatoms. The quantitative estimate of drug-likeness (QED) is 0.765. The van der Waals surface area contributed by atoms with E-state index >= 15 is 0 Å². The van der Waals surface area contributed by atoms with Gasteiger partial charge < -0.3 is 9.64 Å². The fourth-order valence-corrected chi connectivity index (χ4v) is 5.98. The van der Waals surface area contributed by atoms with Crippen LogP contribution in [0.1, 0.15) is 32.1 Å². The fourth-order valence-electron chi connectivity index (χ4n) is 4.53. The van der Waals surface area contributed by atoms with Crippen LogP contribution < -0.4 is 4.74 Å². The molecule has 1 heterocycles. The number of nitrogens with zero attached hydrogens (tertiary/aromatic N) is 2. The molecular formula is C22H30N2O3S. The van der Waals surface area contributed by atoms with E-state index in [4.69, 9.17) is 4.74 Å². The van der Waals surface area contributed by atoms with E-state index in [0.717, 1.165) is 42.1 Å². The summed E-state index contributed by atoms with van der Waals surface area (Å²) in [4.78, 5) is 2.83. The summed E-state index contributed by atoms with van der Waals surface area (Å²) in [6.45, 7) is 3.96. The molecule has 4 rings (SSSR count). The molecule has 0 spiro atoms. The molecule has 28 heavy (non-hydrogen) atoms. The molecule has 0 radical (unpaired) electrons. The Bertz CT molecular complexity index is 915. The zero-order chi connectivity index (χ0) is 19.6. The van der Waals surface area contributed by atoms with Gasteiger partial charge in [-0.2, -0.15) is 4.31 Å². The number of ether oxygens (including phenoxy) is 1. The van der Waals surface area contributed by atoms with Gasteiger partial charge in [-0.15, -0.1) is 0 Å². The smallest absolute Gasteiger partial charge is 0.243 e. The lowest BCUT2D eigenvalue weighted by molar-refractivity contribution is 0.150. The highest BCUT2D eigenvalue weighted by atomic mass is 32.2. The summed E-state index contributed by atoms with van der Waals surface area (Å²) in [5.74, 6) is 1.58. The van der Waals surface area contributed by atoms with E-state index in [9.17, 15) is 8.42 Å². The summed E-state index contributed by atoms with van der Waals surface area (Å²) < 4.78 is 33.2. The summed E-state index contributed by atoms with van der Waals surface area (Å²) in [7, 11) is -1.82. The maximum absolute atomic E-state index is 13.1. The zero-order valence-electron chi connectivity index (χ0n) is 16.6. The summed E-state index contributed by atoms with van der Waals surface area (Å²) >= 11 is 0. The third kappa shape index (κ3) is 4.19. The normalized spacial score (nSPS) is 20.5. The molecule has 0 unspecified atom stereocenters. The largest absolute Gasteiger partial charge is 0.497 e. The number of hydrogen-bond acceptors (Lipinski definition) is 4. The van der Waals surface area contributed by atoms with Crippen LogP contribution in [0.25, 0.3) is 10.8 Å². The zero-order valence-corrected chi connectivity index (χ0v) is 17.5. The molecule has 1 aliphatic carbocycles. The van der Waals surface area contributed by atoms with Crippen LogP contribution in [0, 0.1) is 5.92 Å². The topological polar surface area (TPSA) is 49.9 Å². The van der Waals surface area contributed by atoms with E-state index in [1.54, 1.807) is 23.5 Å². The van der Waals surface area contributed by atoms with Gasteiger partial charge in [-0.3, -0.25) is 0 Å². The maximum atomic E-state index is 13.1. The van der Waals surface area contributed by atoms with Gasteiger partial charge in [0.1, 0.15) is 5.75 Å². The molecule has 0 amide bonds. The molecule has 0 atom stereocenters. The molecule has 2 aromatic rings. The third-order valence-corrected chi connectivity index (χ3v) is 8.12. The minimum absolute atomic E-state index is 0.380. The third-order valence-electron chi connectivity index (χ3n) is 6.23. The van der Waals surface area contributed by atoms with E-state index in [1.165, 1.54) is 32.1 Å². The van der Waals surface area contributed by atoms with E-state index in [-0.39, 0.29) is 0 Å². The molecule has 1 aliphatic heterocycles. The SMILES string of the molecule is COc1ccc2cc(S(=O)(=O)N3CCN(CC4CCCCC4)CC3)ccc2c1. The number of sulfonamides is 1. The van der Waals surface area contributed by atoms with Crippen LogP contribution in [0.15, 0.2) is 41.3 Å². The van der Waals surface area contributed by atoms with Gasteiger partial charge in [0, 0.05) is 32.7 Å². The van der Waals surface area contributed by atoms with E-state index in [2.05, 4.69) is 4.90 Å². The maximum Gasteiger partial charge on any atom is 0.243 e. The average Bonchev–Trinajstić information content (AvgIpc) is 2.74. The first-order valence-corrected chi connectivity index (χ1v) is 11.8. The second-order valence-corrected chi connectivity index (χ2v) is 10.0. The monoisotopic (exact) mass is 402 g/mol. The average molecular weight is 403 g/mol. The standard InChI is InChI=1S/C22H30N2O3S/c1-27-21-9-7-20-16-22(10-8-19(20)15-21)28(25,26)24-13-11-23(12-14-24)17-18-5-3-2-4-6-18/h7-10,15-16,18H,2-6,11-14,17H2,1H3. The minimum atomic E-state index is -3.45. The van der Waals surface area contributed by atoms with Gasteiger partial charge in [-0.05, 0) is 53.8 Å². The second-order valence-electron chi connectivity index (χ2n) is 8.08. The van der Waals surface area contributed by atoms with Crippen LogP contribution in [0.2, 0.25) is 0 Å². The van der Waals surface area contributed by atoms with Crippen LogP contribution in [0.4, 0.5) is 0 Å². The highest BCUT2D eigenvalue weighted by Crippen LogP contribution is 2.27. The molecule has 2 fully saturated rings. The van der Waals surface area contributed by atoms with Gasteiger partial charge >= 0.3 is 0 Å². The van der Waals surface area contributed by atoms with E-state index in [0.29, 0.717) is 18.0 Å². The molecule has 0 bridgehead atoms. The number of hydrogen-bond donors (Lipinski definition) is 0. The van der Waals surface area contributed by atoms with Crippen molar-refractivity contribution < 1.29 is 13.2 Å². The number of piperazine rings is 1. The second kappa shape index (κ2) is 8.39. The Labute approximate surface area is 168 Å². The van der Waals surface area contributed by atoms with Crippen molar-refractivity contribution >= 4 is 20.8 Å². The molecule has 1 saturated carbocycles. The molecule has 2 aliphatic rings. The fraction of sp³-hybridized carbons (Fsp3) is 0.545. The number of methoxy groups -OCH3 is 1. The van der Waals surface area contributed by atoms with Crippen molar-refractivity contribution in [2.45, 2.75) is 37.0 Å². The first-order chi connectivity index (χ1) is 13.6. The summed E-state index contributed by atoms with van der Waals surface area (Å²) in [6, 6.07) is 11.1. The highest BCUT2D eigenvalue weighted by molar-refractivity contribution is 7.89. The van der Waals surface area contributed by atoms with Gasteiger partial charge in [-0.25, -0.2) is 8.42 Å². The highest BCUT2D eigenvalue weighted by Gasteiger charge is 2.29. The first kappa shape index (κ1) is 19.7. The molecule has 0 N–H and O–H groups in total. The molecular weight excluding hydrogens is 372 g/mol. The van der Waals surface area contributed by atoms with Crippen LogP contribution in [0.5, 0.6) is 5.75 Å². The molecule has 5 nitrogen and oxygen atoms in total. The van der Waals surface area contributed by atoms with Crippen molar-refractivity contribution in [1.29, 1.82) is 0 Å². The van der Waals surface area contributed by atoms with Crippen molar-refractivity contribution in [3.05, 3.63) is 36.4 Å². The van der Waals surface area contributed by atoms with E-state index in [1.807, 2.05) is 24.3 Å². The Morgan fingerprint density at radius 1 is 0.929 bits per heavy atom. The van der Waals surface area contributed by atoms with Crippen LogP contribution >= 0.6 is 0 Å². The minimum Gasteiger partial charge on any atom is -0.497 e. The predicted octanol–water partition coefficient (Wildman–Crippen LogP) is 3.74.